The first-order valence-corrected chi connectivity index (χ1v) is 7.09. The van der Waals surface area contributed by atoms with Crippen LogP contribution in [0.3, 0.4) is 0 Å². The summed E-state index contributed by atoms with van der Waals surface area (Å²) in [6, 6.07) is 3.84. The summed E-state index contributed by atoms with van der Waals surface area (Å²) in [6.07, 6.45) is -5.36. The molecular formula is C15H21F3N2O3. The molecule has 0 saturated carbocycles. The van der Waals surface area contributed by atoms with Crippen molar-refractivity contribution in [3.05, 3.63) is 29.8 Å². The molecule has 0 aromatic heterocycles. The van der Waals surface area contributed by atoms with Crippen molar-refractivity contribution in [3.8, 4) is 5.75 Å². The van der Waals surface area contributed by atoms with Gasteiger partial charge >= 0.3 is 12.2 Å². The molecule has 1 aromatic rings. The van der Waals surface area contributed by atoms with Crippen LogP contribution in [0.5, 0.6) is 5.75 Å². The van der Waals surface area contributed by atoms with E-state index in [2.05, 4.69) is 5.32 Å². The average Bonchev–Trinajstić information content (AvgIpc) is 2.43. The molecule has 2 N–H and O–H groups in total. The fourth-order valence-electron chi connectivity index (χ4n) is 1.74. The van der Waals surface area contributed by atoms with Gasteiger partial charge in [0.1, 0.15) is 18.5 Å². The van der Waals surface area contributed by atoms with Gasteiger partial charge in [0, 0.05) is 13.1 Å². The van der Waals surface area contributed by atoms with Crippen LogP contribution in [-0.2, 0) is 6.18 Å². The van der Waals surface area contributed by atoms with Crippen molar-refractivity contribution >= 4 is 6.03 Å². The molecule has 1 aromatic carbocycles. The van der Waals surface area contributed by atoms with Crippen LogP contribution in [0.15, 0.2) is 24.3 Å². The van der Waals surface area contributed by atoms with Gasteiger partial charge in [0.15, 0.2) is 0 Å². The Morgan fingerprint density at radius 2 is 1.87 bits per heavy atom. The lowest BCUT2D eigenvalue weighted by atomic mass is 10.2. The number of aliphatic hydroxyl groups excluding tert-OH is 1. The highest BCUT2D eigenvalue weighted by atomic mass is 19.4. The van der Waals surface area contributed by atoms with Gasteiger partial charge in [0.2, 0.25) is 0 Å². The van der Waals surface area contributed by atoms with Gasteiger partial charge in [-0.05, 0) is 38.1 Å². The Kier molecular flexibility index (Phi) is 6.68. The fourth-order valence-corrected chi connectivity index (χ4v) is 1.74. The summed E-state index contributed by atoms with van der Waals surface area (Å²) in [5.41, 5.74) is -0.768. The standard InChI is InChI=1S/C15H21F3N2O3/c1-10(2)19-14(22)20(3)8-12(21)9-23-13-6-4-11(5-7-13)15(16,17)18/h4-7,10,12,21H,8-9H2,1-3H3,(H,19,22)/t12-/m1/s1. The van der Waals surface area contributed by atoms with Gasteiger partial charge in [-0.2, -0.15) is 13.2 Å². The van der Waals surface area contributed by atoms with Crippen LogP contribution in [0, 0.1) is 0 Å². The summed E-state index contributed by atoms with van der Waals surface area (Å²) in [5, 5.41) is 12.5. The quantitative estimate of drug-likeness (QED) is 0.840. The van der Waals surface area contributed by atoms with E-state index in [9.17, 15) is 23.1 Å². The number of hydrogen-bond donors (Lipinski definition) is 2. The van der Waals surface area contributed by atoms with Crippen LogP contribution >= 0.6 is 0 Å². The summed E-state index contributed by atoms with van der Waals surface area (Å²) >= 11 is 0. The molecule has 0 spiro atoms. The number of nitrogens with one attached hydrogen (secondary N) is 1. The average molecular weight is 334 g/mol. The molecule has 0 aliphatic carbocycles. The molecule has 0 radical (unpaired) electrons. The smallest absolute Gasteiger partial charge is 0.416 e. The topological polar surface area (TPSA) is 61.8 Å². The molecule has 8 heteroatoms. The van der Waals surface area contributed by atoms with Crippen molar-refractivity contribution in [1.29, 1.82) is 0 Å². The minimum atomic E-state index is -4.40. The molecule has 0 heterocycles. The van der Waals surface area contributed by atoms with Gasteiger partial charge in [-0.3, -0.25) is 0 Å². The number of carbonyl (C=O) groups excluding carboxylic acids is 1. The lowest BCUT2D eigenvalue weighted by Crippen LogP contribution is -2.44. The molecule has 1 rings (SSSR count). The molecule has 0 aliphatic heterocycles. The zero-order valence-electron chi connectivity index (χ0n) is 13.2. The first kappa shape index (κ1) is 19.1. The Bertz CT molecular complexity index is 504. The Labute approximate surface area is 133 Å². The van der Waals surface area contributed by atoms with Crippen molar-refractivity contribution in [3.63, 3.8) is 0 Å². The second kappa shape index (κ2) is 8.05. The van der Waals surface area contributed by atoms with E-state index in [0.29, 0.717) is 0 Å². The van der Waals surface area contributed by atoms with Crippen LogP contribution < -0.4 is 10.1 Å². The maximum absolute atomic E-state index is 12.4. The second-order valence-corrected chi connectivity index (χ2v) is 5.47. The number of hydrogen-bond acceptors (Lipinski definition) is 3. The maximum atomic E-state index is 12.4. The zero-order chi connectivity index (χ0) is 17.6. The monoisotopic (exact) mass is 334 g/mol. The highest BCUT2D eigenvalue weighted by Crippen LogP contribution is 2.30. The van der Waals surface area contributed by atoms with Crippen LogP contribution in [0.2, 0.25) is 0 Å². The number of benzene rings is 1. The largest absolute Gasteiger partial charge is 0.491 e. The Morgan fingerprint density at radius 1 is 1.30 bits per heavy atom. The summed E-state index contributed by atoms with van der Waals surface area (Å²) in [5.74, 6) is 0.214. The number of amides is 2. The number of halogens is 3. The molecule has 1 atom stereocenters. The van der Waals surface area contributed by atoms with Crippen LogP contribution in [-0.4, -0.2) is 48.4 Å². The van der Waals surface area contributed by atoms with Gasteiger partial charge in [0.05, 0.1) is 12.1 Å². The van der Waals surface area contributed by atoms with E-state index in [0.717, 1.165) is 12.1 Å². The van der Waals surface area contributed by atoms with E-state index in [-0.39, 0.29) is 31.0 Å². The predicted molar refractivity (Wildman–Crippen MR) is 79.2 cm³/mol. The number of rotatable bonds is 6. The summed E-state index contributed by atoms with van der Waals surface area (Å²) in [7, 11) is 1.53. The van der Waals surface area contributed by atoms with E-state index >= 15 is 0 Å². The van der Waals surface area contributed by atoms with Gasteiger partial charge < -0.3 is 20.1 Å². The highest BCUT2D eigenvalue weighted by molar-refractivity contribution is 5.74. The SMILES string of the molecule is CC(C)NC(=O)N(C)C[C@@H](O)COc1ccc(C(F)(F)F)cc1. The normalized spacial score (nSPS) is 12.9. The third-order valence-electron chi connectivity index (χ3n) is 2.87. The third kappa shape index (κ3) is 6.77. The van der Waals surface area contributed by atoms with Gasteiger partial charge in [-0.15, -0.1) is 0 Å². The van der Waals surface area contributed by atoms with Gasteiger partial charge in [-0.25, -0.2) is 4.79 Å². The fraction of sp³-hybridized carbons (Fsp3) is 0.533. The Balaban J connectivity index is 2.44. The molecule has 0 saturated heterocycles. The molecule has 0 fully saturated rings. The number of ether oxygens (including phenoxy) is 1. The Hall–Kier alpha value is -1.96. The first-order chi connectivity index (χ1) is 10.6. The van der Waals surface area contributed by atoms with E-state index in [1.165, 1.54) is 24.1 Å². The third-order valence-corrected chi connectivity index (χ3v) is 2.87. The number of nitrogens with zero attached hydrogens (tertiary/aromatic N) is 1. The highest BCUT2D eigenvalue weighted by Gasteiger charge is 2.30. The number of aliphatic hydroxyl groups is 1. The molecule has 5 nitrogen and oxygen atoms in total. The van der Waals surface area contributed by atoms with Crippen LogP contribution in [0.1, 0.15) is 19.4 Å². The maximum Gasteiger partial charge on any atom is 0.416 e. The number of urea groups is 1. The van der Waals surface area contributed by atoms with Crippen molar-refractivity contribution in [2.45, 2.75) is 32.2 Å². The summed E-state index contributed by atoms with van der Waals surface area (Å²) in [4.78, 5) is 13.0. The zero-order valence-corrected chi connectivity index (χ0v) is 13.2. The lowest BCUT2D eigenvalue weighted by molar-refractivity contribution is -0.137. The molecule has 130 valence electrons. The predicted octanol–water partition coefficient (Wildman–Crippen LogP) is 2.49. The molecule has 23 heavy (non-hydrogen) atoms. The van der Waals surface area contributed by atoms with Crippen molar-refractivity contribution in [2.75, 3.05) is 20.2 Å². The molecule has 0 unspecified atom stereocenters. The number of alkyl halides is 3. The van der Waals surface area contributed by atoms with Gasteiger partial charge in [-0.1, -0.05) is 0 Å². The lowest BCUT2D eigenvalue weighted by Gasteiger charge is -2.22. The summed E-state index contributed by atoms with van der Waals surface area (Å²) < 4.78 is 42.5. The Morgan fingerprint density at radius 3 is 2.35 bits per heavy atom. The van der Waals surface area contributed by atoms with Crippen molar-refractivity contribution in [1.82, 2.24) is 10.2 Å². The van der Waals surface area contributed by atoms with Crippen LogP contribution in [0.4, 0.5) is 18.0 Å². The van der Waals surface area contributed by atoms with E-state index in [4.69, 9.17) is 4.74 Å². The van der Waals surface area contributed by atoms with Crippen LogP contribution in [0.25, 0.3) is 0 Å². The molecule has 2 amide bonds. The number of carbonyl (C=O) groups is 1. The van der Waals surface area contributed by atoms with E-state index < -0.39 is 17.8 Å². The van der Waals surface area contributed by atoms with Gasteiger partial charge in [0.25, 0.3) is 0 Å². The first-order valence-electron chi connectivity index (χ1n) is 7.09. The minimum Gasteiger partial charge on any atom is -0.491 e. The number of likely N-dealkylation sites (N-methyl/N-ethyl adjacent to an activating group) is 1. The molecule has 0 aliphatic rings. The molecular weight excluding hydrogens is 313 g/mol. The molecule has 0 bridgehead atoms. The minimum absolute atomic E-state index is 0.0227. The van der Waals surface area contributed by atoms with E-state index in [1.807, 2.05) is 13.8 Å². The van der Waals surface area contributed by atoms with Crippen molar-refractivity contribution < 1.29 is 27.8 Å². The second-order valence-electron chi connectivity index (χ2n) is 5.47. The van der Waals surface area contributed by atoms with Crippen molar-refractivity contribution in [2.24, 2.45) is 0 Å². The van der Waals surface area contributed by atoms with E-state index in [1.54, 1.807) is 0 Å². The summed E-state index contributed by atoms with van der Waals surface area (Å²) in [6.45, 7) is 3.54.